The summed E-state index contributed by atoms with van der Waals surface area (Å²) in [6, 6.07) is 12.1. The van der Waals surface area contributed by atoms with Gasteiger partial charge in [-0.25, -0.2) is 0 Å². The van der Waals surface area contributed by atoms with E-state index in [1.807, 2.05) is 24.3 Å². The van der Waals surface area contributed by atoms with Crippen LogP contribution in [0.2, 0.25) is 5.02 Å². The maximum Gasteiger partial charge on any atom is 0.294 e. The zero-order valence-electron chi connectivity index (χ0n) is 15.5. The minimum atomic E-state index is -0.554. The smallest absolute Gasteiger partial charge is 0.294 e. The van der Waals surface area contributed by atoms with E-state index in [4.69, 9.17) is 16.3 Å². The number of benzene rings is 2. The molecule has 1 fully saturated rings. The number of nitrogens with zero attached hydrogens (tertiary/aromatic N) is 2. The van der Waals surface area contributed by atoms with Crippen molar-refractivity contribution in [1.29, 1.82) is 0 Å². The number of anilines is 2. The average Bonchev–Trinajstić information content (AvgIpc) is 2.70. The summed E-state index contributed by atoms with van der Waals surface area (Å²) in [5.41, 5.74) is 1.08. The van der Waals surface area contributed by atoms with E-state index in [9.17, 15) is 14.9 Å². The van der Waals surface area contributed by atoms with Crippen LogP contribution in [0.5, 0.6) is 5.75 Å². The molecule has 0 aliphatic carbocycles. The van der Waals surface area contributed by atoms with E-state index in [1.165, 1.54) is 18.2 Å². The summed E-state index contributed by atoms with van der Waals surface area (Å²) in [4.78, 5) is 26.3. The van der Waals surface area contributed by atoms with Crippen LogP contribution in [0.4, 0.5) is 17.1 Å². The van der Waals surface area contributed by atoms with Gasteiger partial charge in [0.1, 0.15) is 11.4 Å². The van der Waals surface area contributed by atoms with Crippen molar-refractivity contribution in [1.82, 2.24) is 0 Å². The molecule has 1 amide bonds. The summed E-state index contributed by atoms with van der Waals surface area (Å²) in [6.45, 7) is 3.53. The second-order valence-corrected chi connectivity index (χ2v) is 7.02. The fraction of sp³-hybridized carbons (Fsp3) is 0.316. The number of methoxy groups -OCH3 is 1. The van der Waals surface area contributed by atoms with E-state index >= 15 is 0 Å². The van der Waals surface area contributed by atoms with Gasteiger partial charge in [0.05, 0.1) is 38.2 Å². The van der Waals surface area contributed by atoms with E-state index in [1.54, 1.807) is 7.11 Å². The first kappa shape index (κ1) is 19.9. The van der Waals surface area contributed by atoms with Crippen molar-refractivity contribution in [3.8, 4) is 5.75 Å². The quantitative estimate of drug-likeness (QED) is 0.563. The van der Waals surface area contributed by atoms with Crippen LogP contribution in [0.3, 0.4) is 0 Å². The van der Waals surface area contributed by atoms with Crippen LogP contribution in [-0.2, 0) is 4.79 Å². The Morgan fingerprint density at radius 1 is 1.25 bits per heavy atom. The Morgan fingerprint density at radius 2 is 1.93 bits per heavy atom. The van der Waals surface area contributed by atoms with Gasteiger partial charge in [0.25, 0.3) is 11.6 Å². The van der Waals surface area contributed by atoms with Crippen molar-refractivity contribution in [3.63, 3.8) is 0 Å². The van der Waals surface area contributed by atoms with Crippen molar-refractivity contribution in [2.45, 2.75) is 0 Å². The summed E-state index contributed by atoms with van der Waals surface area (Å²) < 4.78 is 5.18. The number of quaternary nitrogens is 1. The molecule has 2 N–H and O–H groups in total. The zero-order chi connectivity index (χ0) is 20.1. The van der Waals surface area contributed by atoms with E-state index in [-0.39, 0.29) is 28.8 Å². The first-order valence-corrected chi connectivity index (χ1v) is 9.30. The van der Waals surface area contributed by atoms with Gasteiger partial charge in [-0.3, -0.25) is 14.9 Å². The number of hydrogen-bond acceptors (Lipinski definition) is 5. The lowest BCUT2D eigenvalue weighted by Gasteiger charge is -2.33. The highest BCUT2D eigenvalue weighted by Crippen LogP contribution is 2.27. The largest absolute Gasteiger partial charge is 0.497 e. The Morgan fingerprint density at radius 3 is 2.54 bits per heavy atom. The van der Waals surface area contributed by atoms with Crippen LogP contribution >= 0.6 is 11.6 Å². The minimum absolute atomic E-state index is 0.163. The third-order valence-electron chi connectivity index (χ3n) is 4.75. The maximum absolute atomic E-state index is 12.3. The van der Waals surface area contributed by atoms with E-state index in [0.717, 1.165) is 42.5 Å². The summed E-state index contributed by atoms with van der Waals surface area (Å²) >= 11 is 5.80. The molecule has 1 aliphatic rings. The van der Waals surface area contributed by atoms with E-state index in [2.05, 4.69) is 10.2 Å². The van der Waals surface area contributed by atoms with Crippen LogP contribution in [0.15, 0.2) is 42.5 Å². The third kappa shape index (κ3) is 4.90. The summed E-state index contributed by atoms with van der Waals surface area (Å²) in [5.74, 6) is 0.569. The molecule has 0 radical (unpaired) electrons. The zero-order valence-corrected chi connectivity index (χ0v) is 16.2. The van der Waals surface area contributed by atoms with Gasteiger partial charge in [-0.1, -0.05) is 11.6 Å². The Balaban J connectivity index is 1.53. The number of nitro groups is 1. The van der Waals surface area contributed by atoms with Crippen molar-refractivity contribution in [2.75, 3.05) is 50.1 Å². The predicted octanol–water partition coefficient (Wildman–Crippen LogP) is 1.60. The molecule has 1 heterocycles. The number of nitro benzene ring substituents is 1. The lowest BCUT2D eigenvalue weighted by Crippen LogP contribution is -3.15. The van der Waals surface area contributed by atoms with Gasteiger partial charge in [0.15, 0.2) is 6.54 Å². The number of halogens is 1. The molecule has 0 spiro atoms. The lowest BCUT2D eigenvalue weighted by molar-refractivity contribution is -0.892. The number of nitrogens with one attached hydrogen (secondary N) is 2. The van der Waals surface area contributed by atoms with Gasteiger partial charge in [-0.15, -0.1) is 0 Å². The molecule has 1 saturated heterocycles. The minimum Gasteiger partial charge on any atom is -0.497 e. The van der Waals surface area contributed by atoms with Crippen LogP contribution in [0.25, 0.3) is 0 Å². The number of carbonyl (C=O) groups excluding carboxylic acids is 1. The number of piperazine rings is 1. The average molecular weight is 406 g/mol. The van der Waals surface area contributed by atoms with Crippen molar-refractivity contribution in [2.24, 2.45) is 0 Å². The van der Waals surface area contributed by atoms with Gasteiger partial charge in [0.2, 0.25) is 0 Å². The normalized spacial score (nSPS) is 14.6. The van der Waals surface area contributed by atoms with Gasteiger partial charge >= 0.3 is 0 Å². The van der Waals surface area contributed by atoms with Gasteiger partial charge in [-0.05, 0) is 36.4 Å². The van der Waals surface area contributed by atoms with Crippen LogP contribution in [0, 0.1) is 10.1 Å². The van der Waals surface area contributed by atoms with E-state index in [0.29, 0.717) is 0 Å². The fourth-order valence-electron chi connectivity index (χ4n) is 3.23. The molecule has 9 heteroatoms. The molecule has 0 unspecified atom stereocenters. The second kappa shape index (κ2) is 8.90. The van der Waals surface area contributed by atoms with Gasteiger partial charge in [-0.2, -0.15) is 0 Å². The maximum atomic E-state index is 12.3. The molecule has 3 rings (SSSR count). The molecule has 0 bridgehead atoms. The van der Waals surface area contributed by atoms with Crippen molar-refractivity contribution in [3.05, 3.63) is 57.6 Å². The molecule has 2 aromatic rings. The molecule has 148 valence electrons. The summed E-state index contributed by atoms with van der Waals surface area (Å²) in [6.07, 6.45) is 0. The number of amides is 1. The van der Waals surface area contributed by atoms with Gasteiger partial charge < -0.3 is 19.9 Å². The Kier molecular flexibility index (Phi) is 6.33. The number of hydrogen-bond donors (Lipinski definition) is 2. The van der Waals surface area contributed by atoms with Crippen molar-refractivity contribution >= 4 is 34.6 Å². The molecule has 8 nitrogen and oxygen atoms in total. The Labute approximate surface area is 167 Å². The molecule has 0 saturated carbocycles. The molecular weight excluding hydrogens is 384 g/mol. The Hall–Kier alpha value is -2.84. The molecule has 0 atom stereocenters. The van der Waals surface area contributed by atoms with Crippen molar-refractivity contribution < 1.29 is 19.4 Å². The SMILES string of the molecule is COc1ccc(N2CC[NH+](CC(=O)Nc3ccc(Cl)cc3[N+](=O)[O-])CC2)cc1. The highest BCUT2D eigenvalue weighted by atomic mass is 35.5. The summed E-state index contributed by atoms with van der Waals surface area (Å²) in [7, 11) is 1.64. The first-order valence-electron chi connectivity index (χ1n) is 8.92. The lowest BCUT2D eigenvalue weighted by atomic mass is 10.2. The molecule has 28 heavy (non-hydrogen) atoms. The number of ether oxygens (including phenoxy) is 1. The predicted molar refractivity (Wildman–Crippen MR) is 108 cm³/mol. The Bertz CT molecular complexity index is 852. The molecule has 0 aromatic heterocycles. The fourth-order valence-corrected chi connectivity index (χ4v) is 3.40. The first-order chi connectivity index (χ1) is 13.5. The molecule has 1 aliphatic heterocycles. The standard InChI is InChI=1S/C19H21ClN4O4/c1-28-16-5-3-15(4-6-16)23-10-8-22(9-11-23)13-19(25)21-17-7-2-14(20)12-18(17)24(26)27/h2-7,12H,8-11,13H2,1H3,(H,21,25)/p+1. The van der Waals surface area contributed by atoms with E-state index < -0.39 is 4.92 Å². The highest BCUT2D eigenvalue weighted by molar-refractivity contribution is 6.31. The number of rotatable bonds is 6. The highest BCUT2D eigenvalue weighted by Gasteiger charge is 2.24. The number of carbonyl (C=O) groups is 1. The van der Waals surface area contributed by atoms with Crippen LogP contribution in [-0.4, -0.2) is 50.7 Å². The second-order valence-electron chi connectivity index (χ2n) is 6.58. The van der Waals surface area contributed by atoms with Crippen LogP contribution in [0.1, 0.15) is 0 Å². The molecule has 2 aromatic carbocycles. The van der Waals surface area contributed by atoms with Gasteiger partial charge in [0, 0.05) is 16.8 Å². The molecular formula is C19H22ClN4O4+. The van der Waals surface area contributed by atoms with Crippen LogP contribution < -0.4 is 19.9 Å². The third-order valence-corrected chi connectivity index (χ3v) is 4.98. The summed E-state index contributed by atoms with van der Waals surface area (Å²) in [5, 5.41) is 14.0. The monoisotopic (exact) mass is 405 g/mol. The topological polar surface area (TPSA) is 89.2 Å².